The van der Waals surface area contributed by atoms with Gasteiger partial charge >= 0.3 is 0 Å². The van der Waals surface area contributed by atoms with Crippen LogP contribution in [-0.4, -0.2) is 32.1 Å². The average Bonchev–Trinajstić information content (AvgIpc) is 2.80. The van der Waals surface area contributed by atoms with E-state index in [9.17, 15) is 0 Å². The van der Waals surface area contributed by atoms with Crippen LogP contribution in [0.5, 0.6) is 0 Å². The van der Waals surface area contributed by atoms with Crippen LogP contribution < -0.4 is 5.32 Å². The van der Waals surface area contributed by atoms with Crippen molar-refractivity contribution in [3.05, 3.63) is 0 Å². The lowest BCUT2D eigenvalue weighted by molar-refractivity contribution is -0.197. The van der Waals surface area contributed by atoms with Crippen LogP contribution in [-0.2, 0) is 9.47 Å². The number of rotatable bonds is 5. The predicted molar refractivity (Wildman–Crippen MR) is 78.1 cm³/mol. The summed E-state index contributed by atoms with van der Waals surface area (Å²) in [6.07, 6.45) is 7.27. The normalized spacial score (nSPS) is 36.0. The summed E-state index contributed by atoms with van der Waals surface area (Å²) in [7, 11) is 1.99. The van der Waals surface area contributed by atoms with Gasteiger partial charge in [0, 0.05) is 12.8 Å². The van der Waals surface area contributed by atoms with E-state index in [4.69, 9.17) is 9.47 Å². The summed E-state index contributed by atoms with van der Waals surface area (Å²) in [5.74, 6) is 0.588. The zero-order chi connectivity index (χ0) is 13.9. The van der Waals surface area contributed by atoms with Crippen molar-refractivity contribution >= 4 is 0 Å². The highest BCUT2D eigenvalue weighted by molar-refractivity contribution is 4.89. The Morgan fingerprint density at radius 3 is 2.53 bits per heavy atom. The number of ether oxygens (including phenoxy) is 2. The second-order valence-corrected chi connectivity index (χ2v) is 6.97. The van der Waals surface area contributed by atoms with E-state index < -0.39 is 0 Å². The van der Waals surface area contributed by atoms with Gasteiger partial charge in [-0.2, -0.15) is 0 Å². The Balaban J connectivity index is 1.83. The lowest BCUT2D eigenvalue weighted by Crippen LogP contribution is -2.39. The third-order valence-electron chi connectivity index (χ3n) is 5.39. The molecule has 2 rings (SSSR count). The summed E-state index contributed by atoms with van der Waals surface area (Å²) in [5, 5.41) is 3.18. The first-order valence-corrected chi connectivity index (χ1v) is 7.98. The van der Waals surface area contributed by atoms with E-state index in [0.29, 0.717) is 11.5 Å². The van der Waals surface area contributed by atoms with Gasteiger partial charge in [-0.3, -0.25) is 0 Å². The summed E-state index contributed by atoms with van der Waals surface area (Å²) >= 11 is 0. The fourth-order valence-electron chi connectivity index (χ4n) is 3.45. The highest BCUT2D eigenvalue weighted by atomic mass is 16.7. The van der Waals surface area contributed by atoms with Crippen molar-refractivity contribution < 1.29 is 9.47 Å². The number of hydrogen-bond donors (Lipinski definition) is 1. The Morgan fingerprint density at radius 2 is 1.95 bits per heavy atom. The van der Waals surface area contributed by atoms with E-state index in [1.54, 1.807) is 0 Å². The van der Waals surface area contributed by atoms with Crippen LogP contribution in [0.2, 0.25) is 0 Å². The topological polar surface area (TPSA) is 30.5 Å². The largest absolute Gasteiger partial charge is 0.347 e. The molecule has 1 spiro atoms. The molecule has 3 heteroatoms. The van der Waals surface area contributed by atoms with Gasteiger partial charge in [0.1, 0.15) is 0 Å². The first kappa shape index (κ1) is 15.3. The van der Waals surface area contributed by atoms with E-state index in [1.165, 1.54) is 19.3 Å². The molecule has 19 heavy (non-hydrogen) atoms. The van der Waals surface area contributed by atoms with Crippen LogP contribution >= 0.6 is 0 Å². The molecule has 0 aromatic carbocycles. The van der Waals surface area contributed by atoms with Crippen molar-refractivity contribution in [2.24, 2.45) is 11.3 Å². The van der Waals surface area contributed by atoms with Gasteiger partial charge in [0.25, 0.3) is 0 Å². The van der Waals surface area contributed by atoms with E-state index >= 15 is 0 Å². The molecule has 1 saturated carbocycles. The lowest BCUT2D eigenvalue weighted by atomic mass is 9.68. The van der Waals surface area contributed by atoms with Crippen LogP contribution in [0.3, 0.4) is 0 Å². The zero-order valence-corrected chi connectivity index (χ0v) is 13.1. The third-order valence-corrected chi connectivity index (χ3v) is 5.39. The van der Waals surface area contributed by atoms with Gasteiger partial charge in [-0.25, -0.2) is 0 Å². The van der Waals surface area contributed by atoms with E-state index in [0.717, 1.165) is 38.3 Å². The molecular weight excluding hydrogens is 238 g/mol. The van der Waals surface area contributed by atoms with Gasteiger partial charge in [-0.15, -0.1) is 0 Å². The Morgan fingerprint density at radius 1 is 1.26 bits per heavy atom. The summed E-state index contributed by atoms with van der Waals surface area (Å²) in [6.45, 7) is 8.91. The highest BCUT2D eigenvalue weighted by Gasteiger charge is 2.45. The summed E-state index contributed by atoms with van der Waals surface area (Å²) in [5.41, 5.74) is 0.464. The summed E-state index contributed by atoms with van der Waals surface area (Å²) in [6, 6.07) is 0. The molecule has 0 aromatic heterocycles. The fraction of sp³-hybridized carbons (Fsp3) is 1.00. The minimum Gasteiger partial charge on any atom is -0.347 e. The fourth-order valence-corrected chi connectivity index (χ4v) is 3.45. The smallest absolute Gasteiger partial charge is 0.168 e. The molecule has 0 aromatic rings. The summed E-state index contributed by atoms with van der Waals surface area (Å²) < 4.78 is 12.3. The second-order valence-electron chi connectivity index (χ2n) is 6.97. The zero-order valence-electron chi connectivity index (χ0n) is 13.1. The molecule has 0 amide bonds. The van der Waals surface area contributed by atoms with Crippen LogP contribution in [0.1, 0.15) is 59.3 Å². The van der Waals surface area contributed by atoms with E-state index in [2.05, 4.69) is 26.1 Å². The molecule has 1 heterocycles. The van der Waals surface area contributed by atoms with Crippen molar-refractivity contribution in [1.82, 2.24) is 5.32 Å². The minimum atomic E-state index is -0.237. The molecule has 112 valence electrons. The monoisotopic (exact) mass is 269 g/mol. The highest BCUT2D eigenvalue weighted by Crippen LogP contribution is 2.47. The molecule has 2 aliphatic rings. The van der Waals surface area contributed by atoms with Gasteiger partial charge in [0.05, 0.1) is 12.7 Å². The maximum Gasteiger partial charge on any atom is 0.168 e. The molecular formula is C16H31NO2. The van der Waals surface area contributed by atoms with Gasteiger partial charge < -0.3 is 14.8 Å². The second kappa shape index (κ2) is 6.11. The standard InChI is InChI=1S/C16H31NO2/c1-5-15(2,3)13-6-9-16(10-7-13)18-12-14(19-16)8-11-17-4/h13-14,17H,5-12H2,1-4H3. The van der Waals surface area contributed by atoms with Crippen molar-refractivity contribution in [3.8, 4) is 0 Å². The number of hydrogen-bond acceptors (Lipinski definition) is 3. The Hall–Kier alpha value is -0.120. The maximum absolute atomic E-state index is 6.22. The SMILES string of the molecule is CCC(C)(C)C1CCC2(CC1)OCC(CCNC)O2. The first-order chi connectivity index (χ1) is 9.01. The minimum absolute atomic E-state index is 0.237. The Kier molecular flexibility index (Phi) is 4.91. The van der Waals surface area contributed by atoms with Crippen LogP contribution in [0.15, 0.2) is 0 Å². The van der Waals surface area contributed by atoms with Crippen molar-refractivity contribution in [3.63, 3.8) is 0 Å². The van der Waals surface area contributed by atoms with E-state index in [1.807, 2.05) is 7.05 Å². The van der Waals surface area contributed by atoms with Crippen LogP contribution in [0.25, 0.3) is 0 Å². The number of nitrogens with one attached hydrogen (secondary N) is 1. The van der Waals surface area contributed by atoms with Crippen molar-refractivity contribution in [2.45, 2.75) is 71.2 Å². The first-order valence-electron chi connectivity index (χ1n) is 7.98. The molecule has 1 atom stereocenters. The van der Waals surface area contributed by atoms with Crippen LogP contribution in [0, 0.1) is 11.3 Å². The van der Waals surface area contributed by atoms with Gasteiger partial charge in [-0.1, -0.05) is 27.2 Å². The predicted octanol–water partition coefficient (Wildman–Crippen LogP) is 3.33. The van der Waals surface area contributed by atoms with Crippen molar-refractivity contribution in [1.29, 1.82) is 0 Å². The van der Waals surface area contributed by atoms with Crippen molar-refractivity contribution in [2.75, 3.05) is 20.2 Å². The molecule has 1 aliphatic heterocycles. The maximum atomic E-state index is 6.22. The summed E-state index contributed by atoms with van der Waals surface area (Å²) in [4.78, 5) is 0. The molecule has 1 saturated heterocycles. The molecule has 1 N–H and O–H groups in total. The molecule has 1 unspecified atom stereocenters. The van der Waals surface area contributed by atoms with Crippen LogP contribution in [0.4, 0.5) is 0 Å². The molecule has 3 nitrogen and oxygen atoms in total. The quantitative estimate of drug-likeness (QED) is 0.830. The van der Waals surface area contributed by atoms with Gasteiger partial charge in [0.2, 0.25) is 0 Å². The average molecular weight is 269 g/mol. The molecule has 0 radical (unpaired) electrons. The Bertz CT molecular complexity index is 282. The van der Waals surface area contributed by atoms with Gasteiger partial charge in [0.15, 0.2) is 5.79 Å². The molecule has 1 aliphatic carbocycles. The van der Waals surface area contributed by atoms with E-state index in [-0.39, 0.29) is 5.79 Å². The molecule has 2 fully saturated rings. The Labute approximate surface area is 118 Å². The van der Waals surface area contributed by atoms with Gasteiger partial charge in [-0.05, 0) is 44.2 Å². The third kappa shape index (κ3) is 3.50. The molecule has 0 bridgehead atoms. The lowest BCUT2D eigenvalue weighted by Gasteiger charge is -2.42.